The summed E-state index contributed by atoms with van der Waals surface area (Å²) >= 11 is 0. The highest BCUT2D eigenvalue weighted by molar-refractivity contribution is 6.01. The lowest BCUT2D eigenvalue weighted by atomic mass is 10.1. The maximum atomic E-state index is 12.1. The minimum Gasteiger partial charge on any atom is -0.482 e. The minimum absolute atomic E-state index is 0.0562. The van der Waals surface area contributed by atoms with E-state index in [0.717, 1.165) is 6.42 Å². The number of anilines is 1. The van der Waals surface area contributed by atoms with E-state index in [1.807, 2.05) is 13.8 Å². The SMILES string of the molecule is CCC(C)NC(=O)CCN1C(=O)COc2ccc(C(C)=O)cc21. The third-order valence-corrected chi connectivity index (χ3v) is 3.89. The normalized spacial score (nSPS) is 14.7. The van der Waals surface area contributed by atoms with Crippen LogP contribution in [0.3, 0.4) is 0 Å². The lowest BCUT2D eigenvalue weighted by Gasteiger charge is -2.29. The molecule has 23 heavy (non-hydrogen) atoms. The molecular formula is C17H22N2O4. The standard InChI is InChI=1S/C17H22N2O4/c1-4-11(2)18-16(21)7-8-19-14-9-13(12(3)20)5-6-15(14)23-10-17(19)22/h5-6,9,11H,4,7-8,10H2,1-3H3,(H,18,21). The van der Waals surface area contributed by atoms with Crippen LogP contribution in [0, 0.1) is 0 Å². The Bertz CT molecular complexity index is 627. The molecule has 0 aromatic heterocycles. The van der Waals surface area contributed by atoms with Gasteiger partial charge in [0.25, 0.3) is 5.91 Å². The third-order valence-electron chi connectivity index (χ3n) is 3.89. The molecular weight excluding hydrogens is 296 g/mol. The fraction of sp³-hybridized carbons (Fsp3) is 0.471. The lowest BCUT2D eigenvalue weighted by molar-refractivity contribution is -0.122. The molecule has 0 radical (unpaired) electrons. The summed E-state index contributed by atoms with van der Waals surface area (Å²) in [7, 11) is 0. The molecule has 2 rings (SSSR count). The molecule has 1 aromatic carbocycles. The Morgan fingerprint density at radius 3 is 2.78 bits per heavy atom. The molecule has 1 aliphatic rings. The summed E-state index contributed by atoms with van der Waals surface area (Å²) in [6, 6.07) is 5.11. The molecule has 0 aliphatic carbocycles. The van der Waals surface area contributed by atoms with E-state index in [0.29, 0.717) is 17.0 Å². The van der Waals surface area contributed by atoms with Gasteiger partial charge in [0.1, 0.15) is 5.75 Å². The summed E-state index contributed by atoms with van der Waals surface area (Å²) in [5, 5.41) is 2.88. The third kappa shape index (κ3) is 4.09. The molecule has 0 bridgehead atoms. The van der Waals surface area contributed by atoms with Crippen LogP contribution < -0.4 is 15.0 Å². The number of carbonyl (C=O) groups excluding carboxylic acids is 3. The van der Waals surface area contributed by atoms with Crippen molar-refractivity contribution in [2.24, 2.45) is 0 Å². The molecule has 6 heteroatoms. The summed E-state index contributed by atoms with van der Waals surface area (Å²) in [4.78, 5) is 37.1. The van der Waals surface area contributed by atoms with Gasteiger partial charge in [-0.25, -0.2) is 0 Å². The number of carbonyl (C=O) groups is 3. The van der Waals surface area contributed by atoms with Crippen LogP contribution >= 0.6 is 0 Å². The molecule has 2 amide bonds. The Balaban J connectivity index is 2.13. The quantitative estimate of drug-likeness (QED) is 0.813. The Morgan fingerprint density at radius 2 is 2.13 bits per heavy atom. The molecule has 1 aliphatic heterocycles. The second-order valence-corrected chi connectivity index (χ2v) is 5.70. The van der Waals surface area contributed by atoms with Gasteiger partial charge in [0, 0.05) is 24.6 Å². The Hall–Kier alpha value is -2.37. The van der Waals surface area contributed by atoms with Crippen LogP contribution in [0.5, 0.6) is 5.75 Å². The van der Waals surface area contributed by atoms with Crippen molar-refractivity contribution >= 4 is 23.3 Å². The van der Waals surface area contributed by atoms with Gasteiger partial charge in [0.2, 0.25) is 5.91 Å². The number of hydrogen-bond donors (Lipinski definition) is 1. The maximum Gasteiger partial charge on any atom is 0.265 e. The van der Waals surface area contributed by atoms with Crippen LogP contribution in [-0.4, -0.2) is 36.8 Å². The van der Waals surface area contributed by atoms with E-state index in [-0.39, 0.29) is 43.2 Å². The molecule has 1 aromatic rings. The van der Waals surface area contributed by atoms with E-state index < -0.39 is 0 Å². The fourth-order valence-corrected chi connectivity index (χ4v) is 2.33. The molecule has 0 fully saturated rings. The zero-order valence-corrected chi connectivity index (χ0v) is 13.7. The zero-order chi connectivity index (χ0) is 17.0. The minimum atomic E-state index is -0.213. The molecule has 6 nitrogen and oxygen atoms in total. The second kappa shape index (κ2) is 7.26. The summed E-state index contributed by atoms with van der Waals surface area (Å²) in [5.74, 6) is 0.162. The van der Waals surface area contributed by atoms with Crippen LogP contribution in [0.15, 0.2) is 18.2 Å². The summed E-state index contributed by atoms with van der Waals surface area (Å²) in [6.45, 7) is 5.61. The number of amides is 2. The van der Waals surface area contributed by atoms with E-state index >= 15 is 0 Å². The van der Waals surface area contributed by atoms with Crippen molar-refractivity contribution in [1.82, 2.24) is 5.32 Å². The molecule has 1 heterocycles. The number of benzene rings is 1. The van der Waals surface area contributed by atoms with Crippen molar-refractivity contribution < 1.29 is 19.1 Å². The second-order valence-electron chi connectivity index (χ2n) is 5.70. The van der Waals surface area contributed by atoms with Crippen molar-refractivity contribution in [3.8, 4) is 5.75 Å². The van der Waals surface area contributed by atoms with E-state index in [9.17, 15) is 14.4 Å². The molecule has 0 saturated carbocycles. The van der Waals surface area contributed by atoms with Gasteiger partial charge in [-0.3, -0.25) is 14.4 Å². The molecule has 1 N–H and O–H groups in total. The smallest absolute Gasteiger partial charge is 0.265 e. The monoisotopic (exact) mass is 318 g/mol. The highest BCUT2D eigenvalue weighted by Crippen LogP contribution is 2.33. The number of hydrogen-bond acceptors (Lipinski definition) is 4. The average Bonchev–Trinajstić information content (AvgIpc) is 2.53. The van der Waals surface area contributed by atoms with Gasteiger partial charge in [-0.05, 0) is 38.5 Å². The summed E-state index contributed by atoms with van der Waals surface area (Å²) < 4.78 is 5.39. The van der Waals surface area contributed by atoms with E-state index in [2.05, 4.69) is 5.32 Å². The van der Waals surface area contributed by atoms with Crippen molar-refractivity contribution in [1.29, 1.82) is 0 Å². The predicted molar refractivity (Wildman–Crippen MR) is 86.8 cm³/mol. The van der Waals surface area contributed by atoms with Crippen molar-refractivity contribution in [2.75, 3.05) is 18.1 Å². The summed E-state index contributed by atoms with van der Waals surface area (Å²) in [6.07, 6.45) is 1.06. The first kappa shape index (κ1) is 17.0. The number of ketones is 1. The number of Topliss-reactive ketones (excluding diaryl/α,β-unsaturated/α-hetero) is 1. The number of nitrogens with one attached hydrogen (secondary N) is 1. The number of fused-ring (bicyclic) bond motifs is 1. The van der Waals surface area contributed by atoms with E-state index in [1.54, 1.807) is 18.2 Å². The van der Waals surface area contributed by atoms with Gasteiger partial charge in [-0.15, -0.1) is 0 Å². The van der Waals surface area contributed by atoms with Gasteiger partial charge >= 0.3 is 0 Å². The number of rotatable bonds is 6. The number of nitrogens with zero attached hydrogens (tertiary/aromatic N) is 1. The number of ether oxygens (including phenoxy) is 1. The van der Waals surface area contributed by atoms with E-state index in [4.69, 9.17) is 4.74 Å². The van der Waals surface area contributed by atoms with Crippen LogP contribution in [0.2, 0.25) is 0 Å². The Kier molecular flexibility index (Phi) is 5.36. The Morgan fingerprint density at radius 1 is 1.39 bits per heavy atom. The molecule has 1 atom stereocenters. The van der Waals surface area contributed by atoms with Crippen molar-refractivity contribution in [3.05, 3.63) is 23.8 Å². The highest BCUT2D eigenvalue weighted by atomic mass is 16.5. The van der Waals surface area contributed by atoms with Crippen LogP contribution in [-0.2, 0) is 9.59 Å². The molecule has 0 saturated heterocycles. The van der Waals surface area contributed by atoms with Gasteiger partial charge in [0.15, 0.2) is 12.4 Å². The van der Waals surface area contributed by atoms with Gasteiger partial charge in [-0.1, -0.05) is 6.92 Å². The molecule has 0 spiro atoms. The molecule has 1 unspecified atom stereocenters. The van der Waals surface area contributed by atoms with Crippen LogP contribution in [0.25, 0.3) is 0 Å². The predicted octanol–water partition coefficient (Wildman–Crippen LogP) is 1.92. The van der Waals surface area contributed by atoms with Crippen LogP contribution in [0.4, 0.5) is 5.69 Å². The van der Waals surface area contributed by atoms with Gasteiger partial charge in [0.05, 0.1) is 5.69 Å². The van der Waals surface area contributed by atoms with Crippen molar-refractivity contribution in [2.45, 2.75) is 39.7 Å². The Labute approximate surface area is 135 Å². The average molecular weight is 318 g/mol. The van der Waals surface area contributed by atoms with Gasteiger partial charge in [-0.2, -0.15) is 0 Å². The van der Waals surface area contributed by atoms with Crippen molar-refractivity contribution in [3.63, 3.8) is 0 Å². The first-order valence-corrected chi connectivity index (χ1v) is 7.80. The first-order chi connectivity index (χ1) is 10.9. The topological polar surface area (TPSA) is 75.7 Å². The zero-order valence-electron chi connectivity index (χ0n) is 13.7. The fourth-order valence-electron chi connectivity index (χ4n) is 2.33. The highest BCUT2D eigenvalue weighted by Gasteiger charge is 2.26. The first-order valence-electron chi connectivity index (χ1n) is 7.80. The molecule has 124 valence electrons. The van der Waals surface area contributed by atoms with E-state index in [1.165, 1.54) is 11.8 Å². The van der Waals surface area contributed by atoms with Gasteiger partial charge < -0.3 is 15.0 Å². The van der Waals surface area contributed by atoms with Crippen LogP contribution in [0.1, 0.15) is 44.0 Å². The summed E-state index contributed by atoms with van der Waals surface area (Å²) in [5.41, 5.74) is 1.06. The maximum absolute atomic E-state index is 12.1. The largest absolute Gasteiger partial charge is 0.482 e. The lowest BCUT2D eigenvalue weighted by Crippen LogP contribution is -2.42.